The second-order valence-electron chi connectivity index (χ2n) is 3.86. The second-order valence-corrected chi connectivity index (χ2v) is 5.08. The molecule has 0 unspecified atom stereocenters. The molecule has 4 nitrogen and oxygen atoms in total. The number of hydrogen-bond donors (Lipinski definition) is 0. The third-order valence-electron chi connectivity index (χ3n) is 2.60. The minimum absolute atomic E-state index is 0.413. The van der Waals surface area contributed by atoms with Crippen LogP contribution in [-0.4, -0.2) is 15.1 Å². The van der Waals surface area contributed by atoms with Crippen molar-refractivity contribution in [1.82, 2.24) is 15.1 Å². The minimum atomic E-state index is 0.413. The Morgan fingerprint density at radius 2 is 1.68 bits per heavy atom. The molecule has 0 aliphatic rings. The minimum Gasteiger partial charge on any atom is -0.701 e. The maximum absolute atomic E-state index is 5.26. The maximum atomic E-state index is 5.26. The lowest BCUT2D eigenvalue weighted by molar-refractivity contribution is -0.699. The molecule has 0 aliphatic carbocycles. The van der Waals surface area contributed by atoms with Gasteiger partial charge in [0, 0.05) is 9.90 Å². The molecule has 3 aromatic rings. The molecule has 94 valence electrons. The lowest BCUT2D eigenvalue weighted by Gasteiger charge is -2.01. The molecule has 0 spiro atoms. The van der Waals surface area contributed by atoms with Crippen LogP contribution in [0.4, 0.5) is 0 Å². The van der Waals surface area contributed by atoms with Gasteiger partial charge in [0.2, 0.25) is 0 Å². The largest absolute Gasteiger partial charge is 0.701 e. The number of benzene rings is 2. The van der Waals surface area contributed by atoms with Gasteiger partial charge in [-0.25, -0.2) is 0 Å². The average Bonchev–Trinajstić information content (AvgIpc) is 2.82. The molecule has 1 heterocycles. The Balaban J connectivity index is 2.11. The molecule has 19 heavy (non-hydrogen) atoms. The molecular weight excluding hydrogens is 324 g/mol. The predicted octanol–water partition coefficient (Wildman–Crippen LogP) is 2.21. The summed E-state index contributed by atoms with van der Waals surface area (Å²) in [5.74, 6) is 0. The fourth-order valence-electron chi connectivity index (χ4n) is 1.71. The molecule has 3 rings (SSSR count). The summed E-state index contributed by atoms with van der Waals surface area (Å²) in [6.45, 7) is 0. The van der Waals surface area contributed by atoms with Crippen LogP contribution in [0.25, 0.3) is 11.4 Å². The zero-order valence-electron chi connectivity index (χ0n) is 9.77. The van der Waals surface area contributed by atoms with Gasteiger partial charge in [-0.2, -0.15) is 0 Å². The molecular formula is C13H9BrN4S. The van der Waals surface area contributed by atoms with Crippen molar-refractivity contribution in [3.63, 3.8) is 0 Å². The first-order chi connectivity index (χ1) is 9.25. The lowest BCUT2D eigenvalue weighted by atomic mass is 10.3. The van der Waals surface area contributed by atoms with Gasteiger partial charge in [-0.15, -0.1) is 4.68 Å². The number of aromatic nitrogens is 4. The molecule has 0 atom stereocenters. The van der Waals surface area contributed by atoms with E-state index in [2.05, 4.69) is 26.2 Å². The van der Waals surface area contributed by atoms with Crippen LogP contribution in [0.3, 0.4) is 0 Å². The predicted molar refractivity (Wildman–Crippen MR) is 76.2 cm³/mol. The normalized spacial score (nSPS) is 10.6. The van der Waals surface area contributed by atoms with E-state index in [1.807, 2.05) is 54.6 Å². The Hall–Kier alpha value is -1.79. The standard InChI is InChI=1S/C13H9BrN4S/c14-11-8-4-5-9-12(11)17-13(19)15-18(16-17)10-6-2-1-3-7-10/h1-9H. The molecule has 1 aromatic heterocycles. The van der Waals surface area contributed by atoms with Crippen molar-refractivity contribution < 1.29 is 4.68 Å². The van der Waals surface area contributed by atoms with Crippen molar-refractivity contribution in [3.8, 4) is 11.4 Å². The quantitative estimate of drug-likeness (QED) is 0.533. The summed E-state index contributed by atoms with van der Waals surface area (Å²) in [6.07, 6.45) is 0. The highest BCUT2D eigenvalue weighted by molar-refractivity contribution is 9.10. The number of para-hydroxylation sites is 2. The van der Waals surface area contributed by atoms with Gasteiger partial charge in [0.1, 0.15) is 5.69 Å². The van der Waals surface area contributed by atoms with Crippen LogP contribution in [0.5, 0.6) is 0 Å². The van der Waals surface area contributed by atoms with Crippen LogP contribution in [-0.2, 0) is 12.6 Å². The Bertz CT molecular complexity index is 712. The van der Waals surface area contributed by atoms with Gasteiger partial charge in [0.25, 0.3) is 0 Å². The number of rotatable bonds is 2. The highest BCUT2D eigenvalue weighted by Crippen LogP contribution is 2.15. The fourth-order valence-corrected chi connectivity index (χ4v) is 2.38. The van der Waals surface area contributed by atoms with Gasteiger partial charge in [0.15, 0.2) is 10.8 Å². The Labute approximate surface area is 124 Å². The average molecular weight is 333 g/mol. The smallest absolute Gasteiger partial charge is 0.188 e. The van der Waals surface area contributed by atoms with E-state index in [1.165, 1.54) is 4.80 Å². The van der Waals surface area contributed by atoms with Crippen LogP contribution < -0.4 is 4.68 Å². The van der Waals surface area contributed by atoms with Crippen molar-refractivity contribution in [1.29, 1.82) is 0 Å². The number of tetrazole rings is 1. The molecule has 6 heteroatoms. The van der Waals surface area contributed by atoms with E-state index in [1.54, 1.807) is 4.68 Å². The molecule has 0 saturated carbocycles. The van der Waals surface area contributed by atoms with Gasteiger partial charge in [-0.3, -0.25) is 0 Å². The third-order valence-corrected chi connectivity index (χ3v) is 3.53. The molecule has 0 saturated heterocycles. The van der Waals surface area contributed by atoms with Gasteiger partial charge in [-0.05, 0) is 40.2 Å². The fraction of sp³-hybridized carbons (Fsp3) is 0. The van der Waals surface area contributed by atoms with E-state index in [0.717, 1.165) is 15.8 Å². The van der Waals surface area contributed by atoms with Gasteiger partial charge >= 0.3 is 0 Å². The number of nitrogens with zero attached hydrogens (tertiary/aromatic N) is 4. The van der Waals surface area contributed by atoms with Crippen molar-refractivity contribution in [2.24, 2.45) is 0 Å². The van der Waals surface area contributed by atoms with E-state index < -0.39 is 0 Å². The summed E-state index contributed by atoms with van der Waals surface area (Å²) in [5, 5.41) is 9.07. The van der Waals surface area contributed by atoms with Crippen LogP contribution in [0, 0.1) is 0 Å². The zero-order valence-corrected chi connectivity index (χ0v) is 12.2. The topological polar surface area (TPSA) is 34.6 Å². The van der Waals surface area contributed by atoms with Crippen molar-refractivity contribution >= 4 is 28.6 Å². The molecule has 0 radical (unpaired) electrons. The Morgan fingerprint density at radius 3 is 2.42 bits per heavy atom. The molecule has 2 aromatic carbocycles. The van der Waals surface area contributed by atoms with E-state index in [-0.39, 0.29) is 0 Å². The lowest BCUT2D eigenvalue weighted by Crippen LogP contribution is -2.36. The summed E-state index contributed by atoms with van der Waals surface area (Å²) in [6, 6.07) is 17.4. The van der Waals surface area contributed by atoms with Crippen LogP contribution in [0.2, 0.25) is 0 Å². The highest BCUT2D eigenvalue weighted by Gasteiger charge is 2.15. The summed E-state index contributed by atoms with van der Waals surface area (Å²) < 4.78 is 2.55. The Kier molecular flexibility index (Phi) is 3.27. The second kappa shape index (κ2) is 5.07. The SMILES string of the molecule is [S-]c1nn(-c2ccccc2)n[n+]1-c1ccccc1Br. The molecule has 0 N–H and O–H groups in total. The molecule has 0 aliphatic heterocycles. The van der Waals surface area contributed by atoms with Crippen molar-refractivity contribution in [2.75, 3.05) is 0 Å². The van der Waals surface area contributed by atoms with E-state index >= 15 is 0 Å². The van der Waals surface area contributed by atoms with Crippen molar-refractivity contribution in [2.45, 2.75) is 5.16 Å². The van der Waals surface area contributed by atoms with E-state index in [4.69, 9.17) is 12.6 Å². The van der Waals surface area contributed by atoms with Crippen molar-refractivity contribution in [3.05, 3.63) is 59.1 Å². The monoisotopic (exact) mass is 332 g/mol. The Morgan fingerprint density at radius 1 is 1.00 bits per heavy atom. The summed E-state index contributed by atoms with van der Waals surface area (Å²) >= 11 is 8.75. The summed E-state index contributed by atoms with van der Waals surface area (Å²) in [7, 11) is 0. The van der Waals surface area contributed by atoms with Crippen LogP contribution >= 0.6 is 15.9 Å². The van der Waals surface area contributed by atoms with Gasteiger partial charge in [0.05, 0.1) is 9.69 Å². The number of halogens is 1. The number of hydrogen-bond acceptors (Lipinski definition) is 3. The van der Waals surface area contributed by atoms with Crippen LogP contribution in [0.15, 0.2) is 64.2 Å². The molecule has 0 bridgehead atoms. The van der Waals surface area contributed by atoms with Gasteiger partial charge in [-0.1, -0.05) is 30.3 Å². The zero-order chi connectivity index (χ0) is 13.2. The van der Waals surface area contributed by atoms with E-state index in [9.17, 15) is 0 Å². The summed E-state index contributed by atoms with van der Waals surface area (Å²) in [5.41, 5.74) is 1.74. The van der Waals surface area contributed by atoms with Crippen LogP contribution in [0.1, 0.15) is 0 Å². The third kappa shape index (κ3) is 2.36. The first kappa shape index (κ1) is 12.3. The maximum Gasteiger partial charge on any atom is 0.188 e. The first-order valence-electron chi connectivity index (χ1n) is 5.63. The highest BCUT2D eigenvalue weighted by atomic mass is 79.9. The van der Waals surface area contributed by atoms with E-state index in [0.29, 0.717) is 5.16 Å². The van der Waals surface area contributed by atoms with Gasteiger partial charge < -0.3 is 12.6 Å². The molecule has 0 fully saturated rings. The summed E-state index contributed by atoms with van der Waals surface area (Å²) in [4.78, 5) is 1.53. The first-order valence-corrected chi connectivity index (χ1v) is 6.83. The molecule has 0 amide bonds.